The second-order valence-electron chi connectivity index (χ2n) is 2.46. The Bertz CT molecular complexity index is 348. The van der Waals surface area contributed by atoms with Crippen LogP contribution < -0.4 is 10.6 Å². The van der Waals surface area contributed by atoms with E-state index in [2.05, 4.69) is 10.6 Å². The minimum absolute atomic E-state index is 0.0823. The highest BCUT2D eigenvalue weighted by Crippen LogP contribution is 2.12. The summed E-state index contributed by atoms with van der Waals surface area (Å²) in [6.45, 7) is -0.0896. The molecule has 0 fully saturated rings. The summed E-state index contributed by atoms with van der Waals surface area (Å²) in [5.74, 6) is -0.671. The van der Waals surface area contributed by atoms with E-state index >= 15 is 0 Å². The molecule has 0 radical (unpaired) electrons. The number of carbonyl (C=O) groups excluding carboxylic acids is 2. The molecule has 1 rings (SSSR count). The van der Waals surface area contributed by atoms with Crippen LogP contribution in [0.25, 0.3) is 0 Å². The van der Waals surface area contributed by atoms with E-state index in [9.17, 15) is 9.59 Å². The van der Waals surface area contributed by atoms with E-state index in [0.29, 0.717) is 0 Å². The highest BCUT2D eigenvalue weighted by Gasteiger charge is 2.10. The molecule has 1 heterocycles. The predicted octanol–water partition coefficient (Wildman–Crippen LogP) is 0.409. The van der Waals surface area contributed by atoms with E-state index in [1.807, 2.05) is 0 Å². The minimum atomic E-state index is -0.472. The number of amides is 2. The molecule has 1 aromatic rings. The zero-order chi connectivity index (χ0) is 10.6. The normalized spacial score (nSPS) is 9.57. The lowest BCUT2D eigenvalue weighted by atomic mass is 10.4. The van der Waals surface area contributed by atoms with Gasteiger partial charge in [-0.3, -0.25) is 9.59 Å². The fourth-order valence-electron chi connectivity index (χ4n) is 0.772. The first-order valence-electron chi connectivity index (χ1n) is 3.87. The highest BCUT2D eigenvalue weighted by molar-refractivity contribution is 6.29. The predicted molar refractivity (Wildman–Crippen MR) is 50.1 cm³/mol. The van der Waals surface area contributed by atoms with Crippen LogP contribution in [0.5, 0.6) is 0 Å². The van der Waals surface area contributed by atoms with Crippen molar-refractivity contribution >= 4 is 23.4 Å². The number of hydrogen-bond donors (Lipinski definition) is 2. The van der Waals surface area contributed by atoms with Crippen molar-refractivity contribution in [2.45, 2.75) is 0 Å². The quantitative estimate of drug-likeness (QED) is 0.769. The van der Waals surface area contributed by atoms with Crippen LogP contribution in [-0.2, 0) is 4.79 Å². The topological polar surface area (TPSA) is 71.3 Å². The van der Waals surface area contributed by atoms with Gasteiger partial charge in [-0.05, 0) is 23.7 Å². The van der Waals surface area contributed by atoms with Crippen molar-refractivity contribution in [1.82, 2.24) is 10.6 Å². The van der Waals surface area contributed by atoms with Gasteiger partial charge in [-0.2, -0.15) is 0 Å². The van der Waals surface area contributed by atoms with Crippen LogP contribution in [0, 0.1) is 0 Å². The molecule has 0 aliphatic carbocycles. The first-order chi connectivity index (χ1) is 6.63. The number of likely N-dealkylation sites (N-methyl/N-ethyl adjacent to an activating group) is 1. The summed E-state index contributed by atoms with van der Waals surface area (Å²) in [6, 6.07) is 2.89. The van der Waals surface area contributed by atoms with Crippen molar-refractivity contribution < 1.29 is 14.0 Å². The summed E-state index contributed by atoms with van der Waals surface area (Å²) in [7, 11) is 1.48. The SMILES string of the molecule is CNC(=O)CNC(=O)c1ccc(Cl)o1. The van der Waals surface area contributed by atoms with Gasteiger partial charge in [-0.25, -0.2) is 0 Å². The Labute approximate surface area is 85.4 Å². The average molecular weight is 217 g/mol. The Kier molecular flexibility index (Phi) is 3.53. The van der Waals surface area contributed by atoms with Crippen molar-refractivity contribution in [3.8, 4) is 0 Å². The maximum Gasteiger partial charge on any atom is 0.287 e. The van der Waals surface area contributed by atoms with Crippen LogP contribution in [0.1, 0.15) is 10.6 Å². The van der Waals surface area contributed by atoms with Crippen LogP contribution in [0.4, 0.5) is 0 Å². The first-order valence-corrected chi connectivity index (χ1v) is 4.25. The molecule has 0 spiro atoms. The largest absolute Gasteiger partial charge is 0.440 e. The second kappa shape index (κ2) is 4.66. The number of hydrogen-bond acceptors (Lipinski definition) is 3. The molecule has 1 aromatic heterocycles. The van der Waals surface area contributed by atoms with Gasteiger partial charge in [0.05, 0.1) is 6.54 Å². The zero-order valence-electron chi connectivity index (χ0n) is 7.46. The Hall–Kier alpha value is -1.49. The van der Waals surface area contributed by atoms with Gasteiger partial charge in [0.25, 0.3) is 5.91 Å². The highest BCUT2D eigenvalue weighted by atomic mass is 35.5. The van der Waals surface area contributed by atoms with Gasteiger partial charge in [-0.1, -0.05) is 0 Å². The van der Waals surface area contributed by atoms with Crippen molar-refractivity contribution in [3.63, 3.8) is 0 Å². The molecule has 0 unspecified atom stereocenters. The molecular weight excluding hydrogens is 208 g/mol. The van der Waals surface area contributed by atoms with Crippen molar-refractivity contribution in [3.05, 3.63) is 23.1 Å². The van der Waals surface area contributed by atoms with E-state index in [-0.39, 0.29) is 23.4 Å². The second-order valence-corrected chi connectivity index (χ2v) is 2.83. The molecule has 0 bridgehead atoms. The molecule has 5 nitrogen and oxygen atoms in total. The summed E-state index contributed by atoms with van der Waals surface area (Å²) in [5.41, 5.74) is 0. The summed E-state index contributed by atoms with van der Waals surface area (Å²) in [5, 5.41) is 4.86. The number of rotatable bonds is 3. The van der Waals surface area contributed by atoms with Gasteiger partial charge in [0.15, 0.2) is 11.0 Å². The van der Waals surface area contributed by atoms with Crippen LogP contribution in [0.15, 0.2) is 16.5 Å². The fourth-order valence-corrected chi connectivity index (χ4v) is 0.919. The number of nitrogens with one attached hydrogen (secondary N) is 2. The maximum absolute atomic E-state index is 11.2. The smallest absolute Gasteiger partial charge is 0.287 e. The zero-order valence-corrected chi connectivity index (χ0v) is 8.22. The Morgan fingerprint density at radius 2 is 2.21 bits per heavy atom. The standard InChI is InChI=1S/C8H9ClN2O3/c1-10-7(12)4-11-8(13)5-2-3-6(9)14-5/h2-3H,4H2,1H3,(H,10,12)(H,11,13). The molecule has 0 saturated heterocycles. The minimum Gasteiger partial charge on any atom is -0.440 e. The maximum atomic E-state index is 11.2. The average Bonchev–Trinajstić information content (AvgIpc) is 2.60. The van der Waals surface area contributed by atoms with Crippen LogP contribution >= 0.6 is 11.6 Å². The van der Waals surface area contributed by atoms with Gasteiger partial charge in [0.1, 0.15) is 0 Å². The lowest BCUT2D eigenvalue weighted by Crippen LogP contribution is -2.34. The van der Waals surface area contributed by atoms with Crippen LogP contribution in [-0.4, -0.2) is 25.4 Å². The molecule has 0 aliphatic heterocycles. The lowest BCUT2D eigenvalue weighted by molar-refractivity contribution is -0.119. The van der Waals surface area contributed by atoms with Crippen molar-refractivity contribution in [1.29, 1.82) is 0 Å². The third-order valence-electron chi connectivity index (χ3n) is 1.49. The van der Waals surface area contributed by atoms with Crippen LogP contribution in [0.2, 0.25) is 5.22 Å². The molecule has 0 atom stereocenters. The first kappa shape index (κ1) is 10.6. The van der Waals surface area contributed by atoms with Crippen molar-refractivity contribution in [2.75, 3.05) is 13.6 Å². The Balaban J connectivity index is 2.47. The molecule has 14 heavy (non-hydrogen) atoms. The molecule has 2 N–H and O–H groups in total. The summed E-state index contributed by atoms with van der Waals surface area (Å²) in [4.78, 5) is 22.0. The molecule has 0 aromatic carbocycles. The van der Waals surface area contributed by atoms with Gasteiger partial charge < -0.3 is 15.1 Å². The molecule has 6 heteroatoms. The summed E-state index contributed by atoms with van der Waals surface area (Å²) >= 11 is 5.47. The molecule has 2 amide bonds. The third kappa shape index (κ3) is 2.77. The summed E-state index contributed by atoms with van der Waals surface area (Å²) < 4.78 is 4.83. The summed E-state index contributed by atoms with van der Waals surface area (Å²) in [6.07, 6.45) is 0. The molecular formula is C8H9ClN2O3. The van der Waals surface area contributed by atoms with Gasteiger partial charge in [0.2, 0.25) is 5.91 Å². The van der Waals surface area contributed by atoms with E-state index < -0.39 is 5.91 Å². The lowest BCUT2D eigenvalue weighted by Gasteiger charge is -2.00. The Morgan fingerprint density at radius 1 is 1.50 bits per heavy atom. The van der Waals surface area contributed by atoms with E-state index in [1.165, 1.54) is 19.2 Å². The number of carbonyl (C=O) groups is 2. The van der Waals surface area contributed by atoms with E-state index in [1.54, 1.807) is 0 Å². The number of halogens is 1. The fraction of sp³-hybridized carbons (Fsp3) is 0.250. The third-order valence-corrected chi connectivity index (χ3v) is 1.69. The van der Waals surface area contributed by atoms with E-state index in [0.717, 1.165) is 0 Å². The molecule has 0 aliphatic rings. The van der Waals surface area contributed by atoms with Gasteiger partial charge in [-0.15, -0.1) is 0 Å². The van der Waals surface area contributed by atoms with E-state index in [4.69, 9.17) is 16.0 Å². The Morgan fingerprint density at radius 3 is 2.71 bits per heavy atom. The van der Waals surface area contributed by atoms with Crippen molar-refractivity contribution in [2.24, 2.45) is 0 Å². The van der Waals surface area contributed by atoms with Crippen LogP contribution in [0.3, 0.4) is 0 Å². The molecule has 0 saturated carbocycles. The number of furan rings is 1. The van der Waals surface area contributed by atoms with Gasteiger partial charge in [0, 0.05) is 7.05 Å². The molecule has 76 valence electrons. The monoisotopic (exact) mass is 216 g/mol. The van der Waals surface area contributed by atoms with Gasteiger partial charge >= 0.3 is 0 Å².